The SMILES string of the molecule is Cc1cc2c(c(=O)n1CCN1CCOCC1)[C@@H](c1ccccc1Cl)C(C#N)=C(N)O2. The molecule has 2 N–H and O–H groups in total. The number of halogens is 1. The van der Waals surface area contributed by atoms with Gasteiger partial charge in [0.15, 0.2) is 0 Å². The summed E-state index contributed by atoms with van der Waals surface area (Å²) in [6.07, 6.45) is 0. The first-order valence-corrected chi connectivity index (χ1v) is 10.3. The molecule has 156 valence electrons. The first-order valence-electron chi connectivity index (χ1n) is 9.87. The Balaban J connectivity index is 1.80. The van der Waals surface area contributed by atoms with Crippen LogP contribution in [0.2, 0.25) is 5.02 Å². The minimum absolute atomic E-state index is 0.000198. The van der Waals surface area contributed by atoms with Crippen LogP contribution in [0.5, 0.6) is 5.75 Å². The van der Waals surface area contributed by atoms with E-state index in [0.717, 1.165) is 25.3 Å². The summed E-state index contributed by atoms with van der Waals surface area (Å²) in [6.45, 7) is 6.25. The van der Waals surface area contributed by atoms with Gasteiger partial charge >= 0.3 is 0 Å². The molecule has 2 aliphatic heterocycles. The number of fused-ring (bicyclic) bond motifs is 1. The number of hydrogen-bond donors (Lipinski definition) is 1. The standard InChI is InChI=1S/C22H23ClN4O3/c1-14-12-18-20(22(28)27(14)7-6-26-8-10-29-11-9-26)19(16(13-24)21(25)30-18)15-4-2-3-5-17(15)23/h2-5,12,19H,6-11,25H2,1H3/t19-/m0/s1. The first kappa shape index (κ1) is 20.5. The lowest BCUT2D eigenvalue weighted by Gasteiger charge is -2.29. The molecule has 0 radical (unpaired) electrons. The van der Waals surface area contributed by atoms with Gasteiger partial charge in [-0.15, -0.1) is 0 Å². The van der Waals surface area contributed by atoms with Gasteiger partial charge in [-0.3, -0.25) is 9.69 Å². The van der Waals surface area contributed by atoms with Crippen molar-refractivity contribution in [3.63, 3.8) is 0 Å². The summed E-state index contributed by atoms with van der Waals surface area (Å²) in [5.74, 6) is -0.295. The van der Waals surface area contributed by atoms with Gasteiger partial charge in [-0.1, -0.05) is 29.8 Å². The molecule has 0 aliphatic carbocycles. The highest BCUT2D eigenvalue weighted by atomic mass is 35.5. The highest BCUT2D eigenvalue weighted by molar-refractivity contribution is 6.31. The average Bonchev–Trinajstić information content (AvgIpc) is 2.74. The lowest BCUT2D eigenvalue weighted by atomic mass is 9.84. The van der Waals surface area contributed by atoms with Crippen LogP contribution in [-0.2, 0) is 11.3 Å². The van der Waals surface area contributed by atoms with Crippen molar-refractivity contribution in [2.75, 3.05) is 32.8 Å². The van der Waals surface area contributed by atoms with Gasteiger partial charge in [0.25, 0.3) is 5.56 Å². The number of benzene rings is 1. The Morgan fingerprint density at radius 3 is 2.70 bits per heavy atom. The van der Waals surface area contributed by atoms with E-state index in [-0.39, 0.29) is 17.0 Å². The van der Waals surface area contributed by atoms with Crippen LogP contribution in [0.4, 0.5) is 0 Å². The third kappa shape index (κ3) is 3.70. The zero-order valence-corrected chi connectivity index (χ0v) is 17.5. The number of rotatable bonds is 4. The maximum Gasteiger partial charge on any atom is 0.258 e. The zero-order valence-electron chi connectivity index (χ0n) is 16.7. The summed E-state index contributed by atoms with van der Waals surface area (Å²) in [5.41, 5.74) is 7.86. The summed E-state index contributed by atoms with van der Waals surface area (Å²) in [4.78, 5) is 15.9. The van der Waals surface area contributed by atoms with Gasteiger partial charge in [0, 0.05) is 43.0 Å². The normalized spacial score (nSPS) is 19.2. The van der Waals surface area contributed by atoms with Crippen molar-refractivity contribution in [1.29, 1.82) is 5.26 Å². The van der Waals surface area contributed by atoms with Crippen molar-refractivity contribution in [3.8, 4) is 11.8 Å². The second kappa shape index (κ2) is 8.52. The highest BCUT2D eigenvalue weighted by Gasteiger charge is 2.35. The molecular weight excluding hydrogens is 404 g/mol. The number of aromatic nitrogens is 1. The van der Waals surface area contributed by atoms with Gasteiger partial charge in [0.05, 0.1) is 24.7 Å². The molecule has 2 aliphatic rings. The van der Waals surface area contributed by atoms with Crippen LogP contribution in [-0.4, -0.2) is 42.3 Å². The summed E-state index contributed by atoms with van der Waals surface area (Å²) in [5, 5.41) is 10.2. The van der Waals surface area contributed by atoms with E-state index in [1.54, 1.807) is 22.8 Å². The lowest BCUT2D eigenvalue weighted by Crippen LogP contribution is -2.40. The van der Waals surface area contributed by atoms with Crippen LogP contribution in [0.3, 0.4) is 0 Å². The number of morpholine rings is 1. The Kier molecular flexibility index (Phi) is 5.82. The number of aryl methyl sites for hydroxylation is 1. The number of nitriles is 1. The smallest absolute Gasteiger partial charge is 0.258 e. The molecule has 2 aromatic rings. The molecule has 0 spiro atoms. The maximum absolute atomic E-state index is 13.6. The van der Waals surface area contributed by atoms with Crippen LogP contribution in [0.15, 0.2) is 46.6 Å². The molecule has 1 aromatic carbocycles. The van der Waals surface area contributed by atoms with Crippen molar-refractivity contribution < 1.29 is 9.47 Å². The van der Waals surface area contributed by atoms with E-state index in [1.807, 2.05) is 19.1 Å². The largest absolute Gasteiger partial charge is 0.440 e. The fourth-order valence-electron chi connectivity index (χ4n) is 4.05. The average molecular weight is 427 g/mol. The number of nitrogens with two attached hydrogens (primary N) is 1. The van der Waals surface area contributed by atoms with Crippen LogP contribution in [0.25, 0.3) is 0 Å². The number of hydrogen-bond acceptors (Lipinski definition) is 6. The van der Waals surface area contributed by atoms with Crippen LogP contribution in [0, 0.1) is 18.3 Å². The first-order chi connectivity index (χ1) is 14.5. The van der Waals surface area contributed by atoms with E-state index in [1.165, 1.54) is 0 Å². The fraction of sp³-hybridized carbons (Fsp3) is 0.364. The molecule has 8 heteroatoms. The lowest BCUT2D eigenvalue weighted by molar-refractivity contribution is 0.0362. The number of nitrogens with zero attached hydrogens (tertiary/aromatic N) is 3. The van der Waals surface area contributed by atoms with Crippen LogP contribution >= 0.6 is 11.6 Å². The van der Waals surface area contributed by atoms with Crippen LogP contribution in [0.1, 0.15) is 22.7 Å². The Hall–Kier alpha value is -2.79. The van der Waals surface area contributed by atoms with E-state index in [4.69, 9.17) is 26.8 Å². The number of ether oxygens (including phenoxy) is 2. The summed E-state index contributed by atoms with van der Waals surface area (Å²) < 4.78 is 12.8. The Bertz CT molecular complexity index is 1100. The molecule has 0 bridgehead atoms. The molecule has 0 unspecified atom stereocenters. The van der Waals surface area contributed by atoms with E-state index >= 15 is 0 Å². The van der Waals surface area contributed by atoms with Gasteiger partial charge < -0.3 is 19.8 Å². The Labute approximate surface area is 179 Å². The molecular formula is C22H23ClN4O3. The number of pyridine rings is 1. The van der Waals surface area contributed by atoms with Crippen molar-refractivity contribution in [1.82, 2.24) is 9.47 Å². The molecule has 0 saturated carbocycles. The second-order valence-electron chi connectivity index (χ2n) is 7.42. The summed E-state index contributed by atoms with van der Waals surface area (Å²) >= 11 is 6.44. The second-order valence-corrected chi connectivity index (χ2v) is 7.83. The van der Waals surface area contributed by atoms with E-state index < -0.39 is 5.92 Å². The van der Waals surface area contributed by atoms with Gasteiger partial charge in [-0.25, -0.2) is 0 Å². The predicted molar refractivity (Wildman–Crippen MR) is 113 cm³/mol. The molecule has 0 amide bonds. The Morgan fingerprint density at radius 2 is 2.00 bits per heavy atom. The highest BCUT2D eigenvalue weighted by Crippen LogP contribution is 2.42. The van der Waals surface area contributed by atoms with E-state index in [2.05, 4.69) is 11.0 Å². The van der Waals surface area contributed by atoms with E-state index in [9.17, 15) is 10.1 Å². The van der Waals surface area contributed by atoms with Crippen molar-refractivity contribution >= 4 is 11.6 Å². The maximum atomic E-state index is 13.6. The molecule has 1 atom stereocenters. The molecule has 7 nitrogen and oxygen atoms in total. The molecule has 4 rings (SSSR count). The monoisotopic (exact) mass is 426 g/mol. The molecule has 1 saturated heterocycles. The van der Waals surface area contributed by atoms with E-state index in [0.29, 0.717) is 41.7 Å². The van der Waals surface area contributed by atoms with Gasteiger partial charge in [0.2, 0.25) is 5.88 Å². The zero-order chi connectivity index (χ0) is 21.3. The molecule has 1 aromatic heterocycles. The van der Waals surface area contributed by atoms with Crippen LogP contribution < -0.4 is 16.0 Å². The third-order valence-corrected chi connectivity index (χ3v) is 5.99. The Morgan fingerprint density at radius 1 is 1.27 bits per heavy atom. The van der Waals surface area contributed by atoms with Crippen molar-refractivity contribution in [3.05, 3.63) is 74.0 Å². The summed E-state index contributed by atoms with van der Waals surface area (Å²) in [6, 6.07) is 11.1. The quantitative estimate of drug-likeness (QED) is 0.806. The summed E-state index contributed by atoms with van der Waals surface area (Å²) in [7, 11) is 0. The van der Waals surface area contributed by atoms with Gasteiger partial charge in [0.1, 0.15) is 17.4 Å². The predicted octanol–water partition coefficient (Wildman–Crippen LogP) is 2.36. The molecule has 30 heavy (non-hydrogen) atoms. The third-order valence-electron chi connectivity index (χ3n) is 5.65. The minimum Gasteiger partial charge on any atom is -0.440 e. The van der Waals surface area contributed by atoms with Crippen molar-refractivity contribution in [2.45, 2.75) is 19.4 Å². The topological polar surface area (TPSA) is 93.5 Å². The number of allylic oxidation sites excluding steroid dienone is 1. The van der Waals surface area contributed by atoms with Crippen molar-refractivity contribution in [2.24, 2.45) is 5.73 Å². The van der Waals surface area contributed by atoms with Gasteiger partial charge in [-0.05, 0) is 18.6 Å². The minimum atomic E-state index is -0.671. The molecule has 3 heterocycles. The fourth-order valence-corrected chi connectivity index (χ4v) is 4.30. The van der Waals surface area contributed by atoms with Gasteiger partial charge in [-0.2, -0.15) is 5.26 Å². The molecule has 1 fully saturated rings.